The summed E-state index contributed by atoms with van der Waals surface area (Å²) in [7, 11) is 1.00. The minimum Gasteiger partial charge on any atom is -0.400 e. The Kier molecular flexibility index (Phi) is 9.15. The monoisotopic (exact) mass is 470 g/mol. The fraction of sp³-hybridized carbons (Fsp3) is 0.320. The number of benzene rings is 1. The van der Waals surface area contributed by atoms with Crippen LogP contribution in [-0.2, 0) is 6.54 Å². The Bertz CT molecular complexity index is 1070. The molecule has 0 atom stereocenters. The van der Waals surface area contributed by atoms with Gasteiger partial charge in [0.2, 0.25) is 0 Å². The highest BCUT2D eigenvalue weighted by Gasteiger charge is 2.15. The highest BCUT2D eigenvalue weighted by atomic mass is 35.5. The molecule has 1 aliphatic carbocycles. The van der Waals surface area contributed by atoms with E-state index in [-0.39, 0.29) is 5.82 Å². The van der Waals surface area contributed by atoms with Gasteiger partial charge in [0.15, 0.2) is 0 Å². The molecule has 0 radical (unpaired) electrons. The Morgan fingerprint density at radius 2 is 1.91 bits per heavy atom. The number of rotatable bonds is 7. The highest BCUT2D eigenvalue weighted by Crippen LogP contribution is 2.31. The zero-order valence-corrected chi connectivity index (χ0v) is 19.3. The molecule has 174 valence electrons. The van der Waals surface area contributed by atoms with E-state index in [1.54, 1.807) is 24.4 Å². The standard InChI is InChI=1S/C24H24ClFN4O.CH4O/c25-21-14-28-24(29-19-7-2-1-3-8-19)12-20(21)22-10-17(15-31)11-23(30-22)27-13-16-5-4-6-18(26)9-16;1-2/h4-6,9-12,14-15,19H,1-3,7-8,13H2,(H,27,30)(H,28,29);2H,1H3. The van der Waals surface area contributed by atoms with Crippen molar-refractivity contribution >= 4 is 29.5 Å². The molecular weight excluding hydrogens is 443 g/mol. The summed E-state index contributed by atoms with van der Waals surface area (Å²) in [6.07, 6.45) is 8.37. The number of hydrogen-bond acceptors (Lipinski definition) is 6. The van der Waals surface area contributed by atoms with E-state index in [4.69, 9.17) is 16.7 Å². The molecule has 3 aromatic rings. The zero-order chi connectivity index (χ0) is 23.6. The first-order valence-corrected chi connectivity index (χ1v) is 11.3. The molecule has 0 aliphatic heterocycles. The molecule has 2 aromatic heterocycles. The molecule has 0 spiro atoms. The number of aldehydes is 1. The van der Waals surface area contributed by atoms with Crippen molar-refractivity contribution in [3.8, 4) is 11.3 Å². The Morgan fingerprint density at radius 1 is 1.12 bits per heavy atom. The maximum Gasteiger partial charge on any atom is 0.150 e. The number of pyridine rings is 2. The molecule has 1 fully saturated rings. The molecule has 0 bridgehead atoms. The van der Waals surface area contributed by atoms with Crippen molar-refractivity contribution in [3.05, 3.63) is 70.6 Å². The van der Waals surface area contributed by atoms with Crippen molar-refractivity contribution in [1.82, 2.24) is 9.97 Å². The molecule has 6 nitrogen and oxygen atoms in total. The van der Waals surface area contributed by atoms with E-state index in [1.807, 2.05) is 12.1 Å². The summed E-state index contributed by atoms with van der Waals surface area (Å²) in [6, 6.07) is 12.0. The van der Waals surface area contributed by atoms with Crippen LogP contribution in [0.2, 0.25) is 5.02 Å². The first-order chi connectivity index (χ1) is 16.1. The van der Waals surface area contributed by atoms with Gasteiger partial charge in [-0.25, -0.2) is 14.4 Å². The molecule has 0 saturated heterocycles. The van der Waals surface area contributed by atoms with E-state index in [9.17, 15) is 9.18 Å². The number of aliphatic hydroxyl groups is 1. The van der Waals surface area contributed by atoms with Crippen LogP contribution in [0.1, 0.15) is 48.0 Å². The van der Waals surface area contributed by atoms with E-state index in [2.05, 4.69) is 20.6 Å². The molecule has 3 N–H and O–H groups in total. The van der Waals surface area contributed by atoms with Crippen molar-refractivity contribution < 1.29 is 14.3 Å². The van der Waals surface area contributed by atoms with Gasteiger partial charge in [-0.05, 0) is 48.7 Å². The fourth-order valence-electron chi connectivity index (χ4n) is 3.86. The number of halogens is 2. The summed E-state index contributed by atoms with van der Waals surface area (Å²) < 4.78 is 13.4. The number of carbonyl (C=O) groups is 1. The first kappa shape index (κ1) is 24.6. The van der Waals surface area contributed by atoms with Crippen LogP contribution in [0.4, 0.5) is 16.0 Å². The third-order valence-corrected chi connectivity index (χ3v) is 5.74. The Balaban J connectivity index is 0.00000149. The quantitative estimate of drug-likeness (QED) is 0.383. The number of carbonyl (C=O) groups excluding carboxylic acids is 1. The molecule has 1 saturated carbocycles. The van der Waals surface area contributed by atoms with Crippen LogP contribution in [0.5, 0.6) is 0 Å². The molecule has 4 rings (SSSR count). The Morgan fingerprint density at radius 3 is 2.64 bits per heavy atom. The summed E-state index contributed by atoms with van der Waals surface area (Å²) in [6.45, 7) is 0.380. The van der Waals surface area contributed by atoms with Gasteiger partial charge in [-0.2, -0.15) is 0 Å². The summed E-state index contributed by atoms with van der Waals surface area (Å²) in [4.78, 5) is 20.6. The van der Waals surface area contributed by atoms with Gasteiger partial charge in [0, 0.05) is 37.0 Å². The summed E-state index contributed by atoms with van der Waals surface area (Å²) in [5.41, 5.74) is 2.53. The van der Waals surface area contributed by atoms with Crippen LogP contribution >= 0.6 is 11.6 Å². The first-order valence-electron chi connectivity index (χ1n) is 10.9. The van der Waals surface area contributed by atoms with E-state index in [0.29, 0.717) is 40.2 Å². The molecule has 1 aliphatic rings. The van der Waals surface area contributed by atoms with Crippen LogP contribution in [0.25, 0.3) is 11.3 Å². The summed E-state index contributed by atoms with van der Waals surface area (Å²) in [5, 5.41) is 14.1. The number of hydrogen-bond donors (Lipinski definition) is 3. The molecule has 0 amide bonds. The van der Waals surface area contributed by atoms with Crippen LogP contribution in [0.15, 0.2) is 48.7 Å². The predicted molar refractivity (Wildman–Crippen MR) is 130 cm³/mol. The summed E-state index contributed by atoms with van der Waals surface area (Å²) in [5.74, 6) is 0.966. The normalized spacial score (nSPS) is 13.6. The van der Waals surface area contributed by atoms with Crippen LogP contribution < -0.4 is 10.6 Å². The van der Waals surface area contributed by atoms with Gasteiger partial charge in [0.25, 0.3) is 0 Å². The van der Waals surface area contributed by atoms with Crippen molar-refractivity contribution in [2.24, 2.45) is 0 Å². The zero-order valence-electron chi connectivity index (χ0n) is 18.5. The summed E-state index contributed by atoms with van der Waals surface area (Å²) >= 11 is 6.43. The maximum atomic E-state index is 13.4. The van der Waals surface area contributed by atoms with Gasteiger partial charge in [-0.15, -0.1) is 0 Å². The van der Waals surface area contributed by atoms with Gasteiger partial charge < -0.3 is 15.7 Å². The average molecular weight is 471 g/mol. The molecule has 8 heteroatoms. The van der Waals surface area contributed by atoms with E-state index in [0.717, 1.165) is 37.6 Å². The Hall–Kier alpha value is -3.03. The molecule has 2 heterocycles. The topological polar surface area (TPSA) is 87.1 Å². The van der Waals surface area contributed by atoms with Crippen molar-refractivity contribution in [2.45, 2.75) is 44.7 Å². The van der Waals surface area contributed by atoms with Crippen LogP contribution in [0.3, 0.4) is 0 Å². The average Bonchev–Trinajstić information content (AvgIpc) is 2.85. The number of nitrogens with zero attached hydrogens (tertiary/aromatic N) is 2. The molecule has 0 unspecified atom stereocenters. The van der Waals surface area contributed by atoms with Crippen LogP contribution in [0, 0.1) is 5.82 Å². The third-order valence-electron chi connectivity index (χ3n) is 5.43. The maximum absolute atomic E-state index is 13.4. The second-order valence-electron chi connectivity index (χ2n) is 7.80. The Labute approximate surface area is 198 Å². The van der Waals surface area contributed by atoms with Crippen molar-refractivity contribution in [1.29, 1.82) is 0 Å². The minimum absolute atomic E-state index is 0.295. The second-order valence-corrected chi connectivity index (χ2v) is 8.21. The van der Waals surface area contributed by atoms with Gasteiger partial charge in [0.05, 0.1) is 10.7 Å². The van der Waals surface area contributed by atoms with E-state index in [1.165, 1.54) is 31.4 Å². The van der Waals surface area contributed by atoms with Crippen molar-refractivity contribution in [2.75, 3.05) is 17.7 Å². The smallest absolute Gasteiger partial charge is 0.150 e. The largest absolute Gasteiger partial charge is 0.400 e. The SMILES string of the molecule is CO.O=Cc1cc(NCc2cccc(F)c2)nc(-c2cc(NC3CCCCC3)ncc2Cl)c1. The molecule has 33 heavy (non-hydrogen) atoms. The lowest BCUT2D eigenvalue weighted by Gasteiger charge is -2.23. The van der Waals surface area contributed by atoms with E-state index < -0.39 is 0 Å². The number of aromatic nitrogens is 2. The molecular formula is C25H28ClFN4O2. The van der Waals surface area contributed by atoms with E-state index >= 15 is 0 Å². The number of anilines is 2. The lowest BCUT2D eigenvalue weighted by Crippen LogP contribution is -2.22. The van der Waals surface area contributed by atoms with Gasteiger partial charge in [-0.3, -0.25) is 4.79 Å². The lowest BCUT2D eigenvalue weighted by molar-refractivity contribution is 0.112. The second kappa shape index (κ2) is 12.3. The predicted octanol–water partition coefficient (Wildman–Crippen LogP) is 5.71. The molecule has 1 aromatic carbocycles. The van der Waals surface area contributed by atoms with Crippen LogP contribution in [-0.4, -0.2) is 34.5 Å². The minimum atomic E-state index is -0.295. The van der Waals surface area contributed by atoms with Gasteiger partial charge in [-0.1, -0.05) is 43.0 Å². The van der Waals surface area contributed by atoms with Gasteiger partial charge >= 0.3 is 0 Å². The van der Waals surface area contributed by atoms with Crippen molar-refractivity contribution in [3.63, 3.8) is 0 Å². The highest BCUT2D eigenvalue weighted by molar-refractivity contribution is 6.33. The number of aliphatic hydroxyl groups excluding tert-OH is 1. The third kappa shape index (κ3) is 6.97. The van der Waals surface area contributed by atoms with Gasteiger partial charge in [0.1, 0.15) is 23.7 Å². The number of nitrogens with one attached hydrogen (secondary N) is 2. The lowest BCUT2D eigenvalue weighted by atomic mass is 9.95. The fourth-order valence-corrected chi connectivity index (χ4v) is 4.06.